The number of carbonyl (C=O) groups is 1. The lowest BCUT2D eigenvalue weighted by molar-refractivity contribution is 0.102. The minimum Gasteiger partial charge on any atom is -0.322 e. The van der Waals surface area contributed by atoms with Crippen molar-refractivity contribution in [1.82, 2.24) is 15.0 Å². The summed E-state index contributed by atoms with van der Waals surface area (Å²) in [5.41, 5.74) is 5.96. The monoisotopic (exact) mass is 420 g/mol. The first-order valence-corrected chi connectivity index (χ1v) is 10.8. The summed E-state index contributed by atoms with van der Waals surface area (Å²) in [4.78, 5) is 14.5. The van der Waals surface area contributed by atoms with Crippen LogP contribution in [-0.2, 0) is 0 Å². The van der Waals surface area contributed by atoms with Gasteiger partial charge in [0.1, 0.15) is 11.0 Å². The molecule has 0 fully saturated rings. The number of carbonyl (C=O) groups excluding carboxylic acids is 1. The Morgan fingerprint density at radius 1 is 0.875 bits per heavy atom. The lowest BCUT2D eigenvalue weighted by Gasteiger charge is -2.10. The maximum absolute atomic E-state index is 12.8. The van der Waals surface area contributed by atoms with E-state index < -0.39 is 0 Å². The number of nitrogens with zero attached hydrogens (tertiary/aromatic N) is 3. The van der Waals surface area contributed by atoms with E-state index in [1.807, 2.05) is 67.6 Å². The molecule has 4 aromatic carbocycles. The van der Waals surface area contributed by atoms with Crippen molar-refractivity contribution in [1.29, 1.82) is 0 Å². The Morgan fingerprint density at radius 3 is 2.31 bits per heavy atom. The Morgan fingerprint density at radius 2 is 1.56 bits per heavy atom. The molecule has 0 aliphatic heterocycles. The first-order chi connectivity index (χ1) is 15.5. The normalized spacial score (nSPS) is 11.4. The molecule has 0 radical (unpaired) electrons. The molecule has 1 N–H and O–H groups in total. The standard InChI is InChI=1S/C27H24N4O/c1-17(2)19-11-13-21(14-12-19)27(32)28-23-16-25-24(15-18(23)3)29-31(30-25)26-10-6-8-20-7-4-5-9-22(20)26/h4-17H,1-3H3,(H,28,32). The Kier molecular flexibility index (Phi) is 4.94. The number of anilines is 1. The van der Waals surface area contributed by atoms with Crippen LogP contribution in [0.3, 0.4) is 0 Å². The number of benzene rings is 4. The van der Waals surface area contributed by atoms with Gasteiger partial charge < -0.3 is 5.32 Å². The van der Waals surface area contributed by atoms with Gasteiger partial charge in [-0.25, -0.2) is 0 Å². The fourth-order valence-electron chi connectivity index (χ4n) is 3.91. The summed E-state index contributed by atoms with van der Waals surface area (Å²) in [6, 6.07) is 25.9. The van der Waals surface area contributed by atoms with Crippen molar-refractivity contribution in [3.8, 4) is 5.69 Å². The lowest BCUT2D eigenvalue weighted by atomic mass is 10.0. The van der Waals surface area contributed by atoms with Crippen LogP contribution >= 0.6 is 0 Å². The van der Waals surface area contributed by atoms with Crippen molar-refractivity contribution in [3.63, 3.8) is 0 Å². The van der Waals surface area contributed by atoms with Gasteiger partial charge in [0, 0.05) is 16.6 Å². The summed E-state index contributed by atoms with van der Waals surface area (Å²) in [6.45, 7) is 6.24. The zero-order valence-corrected chi connectivity index (χ0v) is 18.3. The van der Waals surface area contributed by atoms with Crippen LogP contribution in [0.2, 0.25) is 0 Å². The van der Waals surface area contributed by atoms with Crippen LogP contribution in [0.5, 0.6) is 0 Å². The number of hydrogen-bond acceptors (Lipinski definition) is 3. The molecule has 158 valence electrons. The molecule has 0 bridgehead atoms. The number of amides is 1. The van der Waals surface area contributed by atoms with Crippen LogP contribution in [0.15, 0.2) is 78.9 Å². The summed E-state index contributed by atoms with van der Waals surface area (Å²) in [5, 5.41) is 14.6. The van der Waals surface area contributed by atoms with Gasteiger partial charge in [-0.1, -0.05) is 62.4 Å². The van der Waals surface area contributed by atoms with Crippen LogP contribution in [0.25, 0.3) is 27.5 Å². The smallest absolute Gasteiger partial charge is 0.255 e. The molecule has 0 spiro atoms. The summed E-state index contributed by atoms with van der Waals surface area (Å²) < 4.78 is 0. The highest BCUT2D eigenvalue weighted by Gasteiger charge is 2.13. The third-order valence-corrected chi connectivity index (χ3v) is 5.80. The van der Waals surface area contributed by atoms with Crippen molar-refractivity contribution in [2.45, 2.75) is 26.7 Å². The minimum atomic E-state index is -0.135. The van der Waals surface area contributed by atoms with E-state index in [9.17, 15) is 4.79 Å². The zero-order valence-electron chi connectivity index (χ0n) is 18.3. The van der Waals surface area contributed by atoms with Crippen LogP contribution in [0.4, 0.5) is 5.69 Å². The number of fused-ring (bicyclic) bond motifs is 2. The van der Waals surface area contributed by atoms with Crippen LogP contribution in [0.1, 0.15) is 41.3 Å². The number of aromatic nitrogens is 3. The van der Waals surface area contributed by atoms with Gasteiger partial charge in [-0.05, 0) is 59.7 Å². The Hall–Kier alpha value is -3.99. The molecule has 0 saturated carbocycles. The van der Waals surface area contributed by atoms with E-state index >= 15 is 0 Å². The molecule has 5 nitrogen and oxygen atoms in total. The van der Waals surface area contributed by atoms with Gasteiger partial charge in [0.05, 0.1) is 5.69 Å². The van der Waals surface area contributed by atoms with E-state index in [1.165, 1.54) is 5.56 Å². The molecule has 1 aromatic heterocycles. The molecule has 0 aliphatic rings. The Bertz CT molecular complexity index is 1440. The predicted octanol–water partition coefficient (Wildman–Crippen LogP) is 6.26. The molecular weight excluding hydrogens is 396 g/mol. The number of hydrogen-bond donors (Lipinski definition) is 1. The molecule has 5 heteroatoms. The fourth-order valence-corrected chi connectivity index (χ4v) is 3.91. The highest BCUT2D eigenvalue weighted by molar-refractivity contribution is 6.05. The number of nitrogens with one attached hydrogen (secondary N) is 1. The van der Waals surface area contributed by atoms with E-state index in [2.05, 4.69) is 37.4 Å². The van der Waals surface area contributed by atoms with Crippen molar-refractivity contribution in [2.24, 2.45) is 0 Å². The SMILES string of the molecule is Cc1cc2nn(-c3cccc4ccccc34)nc2cc1NC(=O)c1ccc(C(C)C)cc1. The van der Waals surface area contributed by atoms with Gasteiger partial charge >= 0.3 is 0 Å². The van der Waals surface area contributed by atoms with E-state index in [0.717, 1.165) is 38.7 Å². The van der Waals surface area contributed by atoms with Crippen molar-refractivity contribution >= 4 is 33.4 Å². The number of rotatable bonds is 4. The van der Waals surface area contributed by atoms with Gasteiger partial charge in [-0.15, -0.1) is 15.0 Å². The lowest BCUT2D eigenvalue weighted by Crippen LogP contribution is -2.12. The van der Waals surface area contributed by atoms with E-state index in [1.54, 1.807) is 4.80 Å². The van der Waals surface area contributed by atoms with Crippen LogP contribution in [-0.4, -0.2) is 20.9 Å². The largest absolute Gasteiger partial charge is 0.322 e. The van der Waals surface area contributed by atoms with Gasteiger partial charge in [-0.3, -0.25) is 4.79 Å². The molecule has 1 heterocycles. The van der Waals surface area contributed by atoms with Crippen molar-refractivity contribution in [2.75, 3.05) is 5.32 Å². The van der Waals surface area contributed by atoms with E-state index in [-0.39, 0.29) is 5.91 Å². The first kappa shape index (κ1) is 19.9. The molecule has 1 amide bonds. The number of aryl methyl sites for hydroxylation is 1. The van der Waals surface area contributed by atoms with Crippen molar-refractivity contribution < 1.29 is 4.79 Å². The quantitative estimate of drug-likeness (QED) is 0.373. The third-order valence-electron chi connectivity index (χ3n) is 5.80. The average molecular weight is 421 g/mol. The average Bonchev–Trinajstić information content (AvgIpc) is 3.21. The van der Waals surface area contributed by atoms with Crippen LogP contribution in [0, 0.1) is 6.92 Å². The van der Waals surface area contributed by atoms with Crippen molar-refractivity contribution in [3.05, 3.63) is 95.6 Å². The highest BCUT2D eigenvalue weighted by atomic mass is 16.1. The Balaban J connectivity index is 1.48. The summed E-state index contributed by atoms with van der Waals surface area (Å²) in [6.07, 6.45) is 0. The minimum absolute atomic E-state index is 0.135. The van der Waals surface area contributed by atoms with Gasteiger partial charge in [0.15, 0.2) is 0 Å². The second-order valence-electron chi connectivity index (χ2n) is 8.37. The van der Waals surface area contributed by atoms with E-state index in [0.29, 0.717) is 11.5 Å². The van der Waals surface area contributed by atoms with Gasteiger partial charge in [-0.2, -0.15) is 0 Å². The third kappa shape index (κ3) is 3.62. The van der Waals surface area contributed by atoms with Crippen LogP contribution < -0.4 is 5.32 Å². The molecule has 32 heavy (non-hydrogen) atoms. The summed E-state index contributed by atoms with van der Waals surface area (Å²) >= 11 is 0. The molecule has 0 atom stereocenters. The van der Waals surface area contributed by atoms with Gasteiger partial charge in [0.25, 0.3) is 5.91 Å². The van der Waals surface area contributed by atoms with Gasteiger partial charge in [0.2, 0.25) is 0 Å². The second-order valence-corrected chi connectivity index (χ2v) is 8.37. The summed E-state index contributed by atoms with van der Waals surface area (Å²) in [7, 11) is 0. The summed E-state index contributed by atoms with van der Waals surface area (Å²) in [5.74, 6) is 0.297. The molecular formula is C27H24N4O. The zero-order chi connectivity index (χ0) is 22.2. The Labute approximate surface area is 186 Å². The molecule has 0 aliphatic carbocycles. The first-order valence-electron chi connectivity index (χ1n) is 10.8. The maximum Gasteiger partial charge on any atom is 0.255 e. The fraction of sp³-hybridized carbons (Fsp3) is 0.148. The maximum atomic E-state index is 12.8. The highest BCUT2D eigenvalue weighted by Crippen LogP contribution is 2.25. The second kappa shape index (κ2) is 7.93. The molecule has 5 aromatic rings. The predicted molar refractivity (Wildman–Crippen MR) is 130 cm³/mol. The van der Waals surface area contributed by atoms with E-state index in [4.69, 9.17) is 10.2 Å². The molecule has 0 saturated heterocycles. The molecule has 0 unspecified atom stereocenters. The topological polar surface area (TPSA) is 59.8 Å². The molecule has 5 rings (SSSR count).